The number of halogens is 6. The van der Waals surface area contributed by atoms with Crippen LogP contribution in [0.1, 0.15) is 25.7 Å². The first-order chi connectivity index (χ1) is 9.20. The molecule has 7 heteroatoms. The molecule has 1 aromatic heterocycles. The van der Waals surface area contributed by atoms with Crippen molar-refractivity contribution in [2.45, 2.75) is 17.9 Å². The maximum atomic E-state index is 12.9. The minimum absolute atomic E-state index is 0.0528. The lowest BCUT2D eigenvalue weighted by Gasteiger charge is -2.14. The maximum absolute atomic E-state index is 12.9. The molecule has 1 aromatic carbocycles. The third-order valence-electron chi connectivity index (χ3n) is 2.71. The highest BCUT2D eigenvalue weighted by Gasteiger charge is 2.33. The topological polar surface area (TPSA) is 0 Å². The predicted octanol–water partition coefficient (Wildman–Crippen LogP) is 7.08. The molecule has 2 rings (SSSR count). The third-order valence-corrected chi connectivity index (χ3v) is 6.93. The van der Waals surface area contributed by atoms with E-state index in [0.29, 0.717) is 5.56 Å². The summed E-state index contributed by atoms with van der Waals surface area (Å²) >= 11 is 11.4. The summed E-state index contributed by atoms with van der Waals surface area (Å²) in [4.78, 5) is 1.80. The zero-order valence-corrected chi connectivity index (χ0v) is 15.6. The van der Waals surface area contributed by atoms with Crippen LogP contribution in [0.4, 0.5) is 13.2 Å². The van der Waals surface area contributed by atoms with Gasteiger partial charge in [0.1, 0.15) is 0 Å². The standard InChI is InChI=1S/C13H8Br3F3S/c1-6-10(15)5-11(20-6)12(16)7-2-3-9(14)8(4-7)13(17,18)19/h2-5,12H,1H3. The number of aryl methyl sites for hydroxylation is 1. The van der Waals surface area contributed by atoms with Gasteiger partial charge in [0.25, 0.3) is 0 Å². The first-order valence-corrected chi connectivity index (χ1v) is 8.78. The monoisotopic (exact) mass is 490 g/mol. The third kappa shape index (κ3) is 3.48. The molecule has 20 heavy (non-hydrogen) atoms. The van der Waals surface area contributed by atoms with E-state index in [4.69, 9.17) is 0 Å². The van der Waals surface area contributed by atoms with E-state index in [9.17, 15) is 13.2 Å². The van der Waals surface area contributed by atoms with Crippen LogP contribution < -0.4 is 0 Å². The van der Waals surface area contributed by atoms with E-state index in [2.05, 4.69) is 47.8 Å². The number of benzene rings is 1. The van der Waals surface area contributed by atoms with E-state index in [-0.39, 0.29) is 9.30 Å². The van der Waals surface area contributed by atoms with Crippen molar-refractivity contribution in [2.24, 2.45) is 0 Å². The number of hydrogen-bond acceptors (Lipinski definition) is 1. The van der Waals surface area contributed by atoms with Crippen molar-refractivity contribution in [3.63, 3.8) is 0 Å². The van der Waals surface area contributed by atoms with Gasteiger partial charge in [-0.2, -0.15) is 13.2 Å². The fourth-order valence-electron chi connectivity index (χ4n) is 1.69. The highest BCUT2D eigenvalue weighted by Crippen LogP contribution is 2.42. The Morgan fingerprint density at radius 1 is 1.10 bits per heavy atom. The zero-order chi connectivity index (χ0) is 15.1. The second-order valence-corrected chi connectivity index (χ2v) is 8.06. The van der Waals surface area contributed by atoms with Gasteiger partial charge in [-0.05, 0) is 46.6 Å². The molecule has 1 heterocycles. The SMILES string of the molecule is Cc1sc(C(Br)c2ccc(Br)c(C(F)(F)F)c2)cc1Br. The van der Waals surface area contributed by atoms with Crippen LogP contribution in [0.15, 0.2) is 33.2 Å². The summed E-state index contributed by atoms with van der Waals surface area (Å²) in [5.74, 6) is 0. The van der Waals surface area contributed by atoms with Crippen LogP contribution in [-0.2, 0) is 6.18 Å². The molecule has 108 valence electrons. The average Bonchev–Trinajstić information content (AvgIpc) is 2.68. The van der Waals surface area contributed by atoms with Gasteiger partial charge < -0.3 is 0 Å². The van der Waals surface area contributed by atoms with Crippen molar-refractivity contribution < 1.29 is 13.2 Å². The van der Waals surface area contributed by atoms with E-state index in [1.807, 2.05) is 13.0 Å². The molecule has 0 saturated heterocycles. The molecule has 0 aliphatic carbocycles. The van der Waals surface area contributed by atoms with Gasteiger partial charge >= 0.3 is 6.18 Å². The molecule has 0 bridgehead atoms. The van der Waals surface area contributed by atoms with Crippen LogP contribution in [0.2, 0.25) is 0 Å². The minimum Gasteiger partial charge on any atom is -0.166 e. The van der Waals surface area contributed by atoms with Gasteiger partial charge in [-0.25, -0.2) is 0 Å². The first-order valence-electron chi connectivity index (χ1n) is 5.46. The van der Waals surface area contributed by atoms with E-state index < -0.39 is 11.7 Å². The Labute approximate surface area is 143 Å². The first kappa shape index (κ1) is 16.5. The van der Waals surface area contributed by atoms with Gasteiger partial charge in [0.2, 0.25) is 0 Å². The van der Waals surface area contributed by atoms with Crippen molar-refractivity contribution in [3.05, 3.63) is 54.1 Å². The molecule has 0 aliphatic heterocycles. The minimum atomic E-state index is -4.37. The molecule has 0 saturated carbocycles. The summed E-state index contributed by atoms with van der Waals surface area (Å²) in [6, 6.07) is 6.21. The summed E-state index contributed by atoms with van der Waals surface area (Å²) in [7, 11) is 0. The number of rotatable bonds is 2. The lowest BCUT2D eigenvalue weighted by Crippen LogP contribution is -2.07. The van der Waals surface area contributed by atoms with Gasteiger partial charge in [-0.3, -0.25) is 0 Å². The normalized spacial score (nSPS) is 13.6. The Kier molecular flexibility index (Phi) is 5.04. The largest absolute Gasteiger partial charge is 0.417 e. The summed E-state index contributed by atoms with van der Waals surface area (Å²) < 4.78 is 39.8. The van der Waals surface area contributed by atoms with Crippen LogP contribution >= 0.6 is 59.1 Å². The molecule has 1 unspecified atom stereocenters. The molecule has 0 aliphatic rings. The van der Waals surface area contributed by atoms with Crippen molar-refractivity contribution >= 4 is 59.1 Å². The van der Waals surface area contributed by atoms with Gasteiger partial charge in [-0.15, -0.1) is 11.3 Å². The van der Waals surface area contributed by atoms with Crippen molar-refractivity contribution in [1.82, 2.24) is 0 Å². The smallest absolute Gasteiger partial charge is 0.166 e. The summed E-state index contributed by atoms with van der Waals surface area (Å²) in [5.41, 5.74) is -0.0823. The second-order valence-electron chi connectivity index (χ2n) is 4.15. The maximum Gasteiger partial charge on any atom is 0.417 e. The van der Waals surface area contributed by atoms with Crippen molar-refractivity contribution in [2.75, 3.05) is 0 Å². The molecular formula is C13H8Br3F3S. The van der Waals surface area contributed by atoms with Crippen LogP contribution in [0.25, 0.3) is 0 Å². The van der Waals surface area contributed by atoms with E-state index >= 15 is 0 Å². The van der Waals surface area contributed by atoms with Crippen LogP contribution in [0, 0.1) is 6.92 Å². The zero-order valence-electron chi connectivity index (χ0n) is 10.1. The Morgan fingerprint density at radius 2 is 1.75 bits per heavy atom. The lowest BCUT2D eigenvalue weighted by molar-refractivity contribution is -0.138. The summed E-state index contributed by atoms with van der Waals surface area (Å²) in [6.07, 6.45) is -4.37. The van der Waals surface area contributed by atoms with E-state index in [1.54, 1.807) is 17.4 Å². The fraction of sp³-hybridized carbons (Fsp3) is 0.231. The van der Waals surface area contributed by atoms with E-state index in [0.717, 1.165) is 14.2 Å². The lowest BCUT2D eigenvalue weighted by atomic mass is 10.1. The number of thiophene rings is 1. The van der Waals surface area contributed by atoms with Crippen LogP contribution in [-0.4, -0.2) is 0 Å². The Balaban J connectivity index is 2.43. The summed E-state index contributed by atoms with van der Waals surface area (Å²) in [5, 5.41) is 0. The van der Waals surface area contributed by atoms with Gasteiger partial charge in [0, 0.05) is 18.7 Å². The van der Waals surface area contributed by atoms with Gasteiger partial charge in [0.15, 0.2) is 0 Å². The van der Waals surface area contributed by atoms with Crippen molar-refractivity contribution in [1.29, 1.82) is 0 Å². The number of alkyl halides is 4. The number of hydrogen-bond donors (Lipinski definition) is 0. The Morgan fingerprint density at radius 3 is 2.25 bits per heavy atom. The molecule has 0 fully saturated rings. The molecular weight excluding hydrogens is 485 g/mol. The summed E-state index contributed by atoms with van der Waals surface area (Å²) in [6.45, 7) is 1.96. The van der Waals surface area contributed by atoms with Crippen LogP contribution in [0.5, 0.6) is 0 Å². The van der Waals surface area contributed by atoms with Crippen LogP contribution in [0.3, 0.4) is 0 Å². The quantitative estimate of drug-likeness (QED) is 0.393. The van der Waals surface area contributed by atoms with Gasteiger partial charge in [0.05, 0.1) is 10.4 Å². The fourth-order valence-corrected chi connectivity index (χ4v) is 4.42. The van der Waals surface area contributed by atoms with E-state index in [1.165, 1.54) is 12.1 Å². The Bertz CT molecular complexity index is 615. The molecule has 0 radical (unpaired) electrons. The Hall–Kier alpha value is 0.150. The average molecular weight is 493 g/mol. The van der Waals surface area contributed by atoms with Crippen molar-refractivity contribution in [3.8, 4) is 0 Å². The van der Waals surface area contributed by atoms with Gasteiger partial charge in [-0.1, -0.05) is 37.9 Å². The highest BCUT2D eigenvalue weighted by molar-refractivity contribution is 9.11. The second kappa shape index (κ2) is 6.10. The molecule has 0 nitrogen and oxygen atoms in total. The molecule has 1 atom stereocenters. The molecule has 2 aromatic rings. The predicted molar refractivity (Wildman–Crippen MR) is 86.7 cm³/mol. The molecule has 0 spiro atoms. The molecule has 0 N–H and O–H groups in total. The highest BCUT2D eigenvalue weighted by atomic mass is 79.9. The molecule has 0 amide bonds.